The third kappa shape index (κ3) is 1.08. The quantitative estimate of drug-likeness (QED) is 0.632. The molecular weight excluding hydrogens is 154 g/mol. The molecule has 0 fully saturated rings. The summed E-state index contributed by atoms with van der Waals surface area (Å²) in [5.74, 6) is 0. The van der Waals surface area contributed by atoms with Gasteiger partial charge in [0.15, 0.2) is 0 Å². The topological polar surface area (TPSA) is 12.0 Å². The molecule has 2 rings (SSSR count). The second-order valence-corrected chi connectivity index (χ2v) is 2.94. The van der Waals surface area contributed by atoms with Gasteiger partial charge in [0.25, 0.3) is 0 Å². The summed E-state index contributed by atoms with van der Waals surface area (Å²) in [7, 11) is 0. The average molecular weight is 163 g/mol. The number of hydrogen-bond acceptors (Lipinski definition) is 2. The van der Waals surface area contributed by atoms with E-state index in [4.69, 9.17) is 12.2 Å². The molecule has 1 heterocycles. The van der Waals surface area contributed by atoms with E-state index < -0.39 is 0 Å². The molecule has 0 spiro atoms. The van der Waals surface area contributed by atoms with Crippen molar-refractivity contribution in [2.24, 2.45) is 0 Å². The maximum atomic E-state index is 4.91. The molecule has 2 heteroatoms. The van der Waals surface area contributed by atoms with Crippen molar-refractivity contribution in [3.8, 4) is 0 Å². The first-order chi connectivity index (χ1) is 5.42. The normalized spacial score (nSPS) is 14.5. The molecule has 11 heavy (non-hydrogen) atoms. The highest BCUT2D eigenvalue weighted by Gasteiger charge is 2.11. The molecule has 0 saturated carbocycles. The van der Waals surface area contributed by atoms with Crippen LogP contribution in [-0.2, 0) is 13.1 Å². The smallest absolute Gasteiger partial charge is 0.0218 e. The fourth-order valence-electron chi connectivity index (χ4n) is 1.47. The van der Waals surface area contributed by atoms with Crippen LogP contribution in [0.1, 0.15) is 16.7 Å². The Hall–Kier alpha value is -0.730. The Balaban J connectivity index is 2.58. The van der Waals surface area contributed by atoms with Crippen molar-refractivity contribution in [1.82, 2.24) is 5.32 Å². The van der Waals surface area contributed by atoms with E-state index in [0.29, 0.717) is 0 Å². The number of benzene rings is 1. The molecular formula is C9H9NS. The van der Waals surface area contributed by atoms with Crippen molar-refractivity contribution in [1.29, 1.82) is 0 Å². The van der Waals surface area contributed by atoms with Gasteiger partial charge in [0.2, 0.25) is 0 Å². The number of hydrogen-bond donors (Lipinski definition) is 1. The van der Waals surface area contributed by atoms with Gasteiger partial charge in [-0.05, 0) is 16.7 Å². The molecule has 1 N–H and O–H groups in total. The van der Waals surface area contributed by atoms with Gasteiger partial charge < -0.3 is 5.32 Å². The Morgan fingerprint density at radius 3 is 3.09 bits per heavy atom. The third-order valence-electron chi connectivity index (χ3n) is 2.05. The van der Waals surface area contributed by atoms with Crippen molar-refractivity contribution in [3.63, 3.8) is 0 Å². The van der Waals surface area contributed by atoms with E-state index in [-0.39, 0.29) is 0 Å². The van der Waals surface area contributed by atoms with Crippen LogP contribution in [0.3, 0.4) is 0 Å². The lowest BCUT2D eigenvalue weighted by molar-refractivity contribution is 0.764. The molecule has 0 bridgehead atoms. The monoisotopic (exact) mass is 163 g/mol. The molecule has 0 amide bonds. The minimum atomic E-state index is 0.971. The van der Waals surface area contributed by atoms with Crippen LogP contribution in [0.2, 0.25) is 0 Å². The van der Waals surface area contributed by atoms with Gasteiger partial charge in [-0.25, -0.2) is 0 Å². The highest BCUT2D eigenvalue weighted by Crippen LogP contribution is 2.18. The summed E-state index contributed by atoms with van der Waals surface area (Å²) in [6.07, 6.45) is 0. The molecule has 0 radical (unpaired) electrons. The Morgan fingerprint density at radius 1 is 1.36 bits per heavy atom. The van der Waals surface area contributed by atoms with Crippen LogP contribution in [0, 0.1) is 0 Å². The first-order valence-corrected chi connectivity index (χ1v) is 4.15. The number of rotatable bonds is 1. The van der Waals surface area contributed by atoms with E-state index in [9.17, 15) is 0 Å². The van der Waals surface area contributed by atoms with Crippen LogP contribution in [0.25, 0.3) is 0 Å². The zero-order valence-electron chi connectivity index (χ0n) is 6.13. The lowest BCUT2D eigenvalue weighted by atomic mass is 10.1. The molecule has 1 aromatic carbocycles. The summed E-state index contributed by atoms with van der Waals surface area (Å²) < 4.78 is 0. The largest absolute Gasteiger partial charge is 0.309 e. The zero-order chi connectivity index (χ0) is 7.68. The van der Waals surface area contributed by atoms with E-state index in [1.165, 1.54) is 16.7 Å². The molecule has 1 aliphatic rings. The summed E-state index contributed by atoms with van der Waals surface area (Å²) in [6.45, 7) is 1.96. The fraction of sp³-hybridized carbons (Fsp3) is 0.222. The molecule has 56 valence electrons. The van der Waals surface area contributed by atoms with Gasteiger partial charge in [0.1, 0.15) is 0 Å². The molecule has 0 aliphatic carbocycles. The molecule has 0 atom stereocenters. The van der Waals surface area contributed by atoms with Gasteiger partial charge in [-0.15, -0.1) is 0 Å². The number of fused-ring (bicyclic) bond motifs is 1. The Morgan fingerprint density at radius 2 is 2.27 bits per heavy atom. The lowest BCUT2D eigenvalue weighted by Crippen LogP contribution is -2.00. The van der Waals surface area contributed by atoms with Gasteiger partial charge in [-0.2, -0.15) is 0 Å². The predicted molar refractivity (Wildman–Crippen MR) is 49.7 cm³/mol. The van der Waals surface area contributed by atoms with Gasteiger partial charge in [-0.1, -0.05) is 30.4 Å². The molecule has 1 aromatic rings. The van der Waals surface area contributed by atoms with Crippen LogP contribution in [0.5, 0.6) is 0 Å². The number of nitrogens with one attached hydrogen (secondary N) is 1. The summed E-state index contributed by atoms with van der Waals surface area (Å²) in [5.41, 5.74) is 3.97. The fourth-order valence-corrected chi connectivity index (χ4v) is 1.69. The van der Waals surface area contributed by atoms with Gasteiger partial charge in [-0.3, -0.25) is 0 Å². The summed E-state index contributed by atoms with van der Waals surface area (Å²) in [4.78, 5) is 0. The van der Waals surface area contributed by atoms with Gasteiger partial charge in [0, 0.05) is 18.5 Å². The molecule has 0 aromatic heterocycles. The summed E-state index contributed by atoms with van der Waals surface area (Å²) in [6, 6.07) is 6.28. The lowest BCUT2D eigenvalue weighted by Gasteiger charge is -1.99. The summed E-state index contributed by atoms with van der Waals surface area (Å²) >= 11 is 4.91. The van der Waals surface area contributed by atoms with Gasteiger partial charge >= 0.3 is 0 Å². The standard InChI is InChI=1S/C9H9NS/c11-6-8-3-1-2-7-4-10-5-9(7)8/h1-3,6,10H,4-5H2. The molecule has 0 saturated heterocycles. The first-order valence-electron chi connectivity index (χ1n) is 3.68. The highest BCUT2D eigenvalue weighted by molar-refractivity contribution is 7.79. The van der Waals surface area contributed by atoms with Crippen LogP contribution in [-0.4, -0.2) is 5.37 Å². The van der Waals surface area contributed by atoms with Crippen LogP contribution in [0.4, 0.5) is 0 Å². The summed E-state index contributed by atoms with van der Waals surface area (Å²) in [5, 5.41) is 5.05. The minimum Gasteiger partial charge on any atom is -0.309 e. The van der Waals surface area contributed by atoms with E-state index in [1.807, 2.05) is 0 Å². The van der Waals surface area contributed by atoms with Gasteiger partial charge in [0.05, 0.1) is 0 Å². The van der Waals surface area contributed by atoms with Crippen molar-refractivity contribution in [2.45, 2.75) is 13.1 Å². The molecule has 0 unspecified atom stereocenters. The van der Waals surface area contributed by atoms with E-state index in [2.05, 4.69) is 23.5 Å². The molecule has 1 nitrogen and oxygen atoms in total. The van der Waals surface area contributed by atoms with Crippen LogP contribution < -0.4 is 5.32 Å². The Labute approximate surface area is 71.4 Å². The van der Waals surface area contributed by atoms with Crippen molar-refractivity contribution < 1.29 is 0 Å². The van der Waals surface area contributed by atoms with E-state index >= 15 is 0 Å². The second kappa shape index (κ2) is 2.72. The van der Waals surface area contributed by atoms with E-state index in [0.717, 1.165) is 13.1 Å². The average Bonchev–Trinajstić information content (AvgIpc) is 2.50. The minimum absolute atomic E-state index is 0.971. The van der Waals surface area contributed by atoms with E-state index in [1.54, 1.807) is 5.37 Å². The van der Waals surface area contributed by atoms with Crippen molar-refractivity contribution in [2.75, 3.05) is 0 Å². The van der Waals surface area contributed by atoms with Crippen LogP contribution >= 0.6 is 12.2 Å². The number of thiocarbonyl (C=S) groups is 1. The highest BCUT2D eigenvalue weighted by atomic mass is 32.1. The SMILES string of the molecule is S=Cc1cccc2c1CNC2. The maximum absolute atomic E-state index is 4.91. The maximum Gasteiger partial charge on any atom is 0.0218 e. The zero-order valence-corrected chi connectivity index (χ0v) is 6.95. The Bertz CT molecular complexity index is 294. The van der Waals surface area contributed by atoms with Crippen molar-refractivity contribution >= 4 is 17.6 Å². The second-order valence-electron chi connectivity index (χ2n) is 2.71. The predicted octanol–water partition coefficient (Wildman–Crippen LogP) is 1.64. The Kier molecular flexibility index (Phi) is 1.72. The van der Waals surface area contributed by atoms with Crippen LogP contribution in [0.15, 0.2) is 18.2 Å². The van der Waals surface area contributed by atoms with Crippen molar-refractivity contribution in [3.05, 3.63) is 34.9 Å². The first kappa shape index (κ1) is 6.95. The third-order valence-corrected chi connectivity index (χ3v) is 2.31. The molecule has 1 aliphatic heterocycles.